The summed E-state index contributed by atoms with van der Waals surface area (Å²) in [6, 6.07) is 20.4. The molecule has 5 rings (SSSR count). The van der Waals surface area contributed by atoms with Crippen molar-refractivity contribution in [2.75, 3.05) is 32.8 Å². The summed E-state index contributed by atoms with van der Waals surface area (Å²) in [5.74, 6) is 1.80. The number of amides is 1. The number of nitrogens with zero attached hydrogens (tertiary/aromatic N) is 3. The number of benzene rings is 2. The average Bonchev–Trinajstić information content (AvgIpc) is 3.51. The molecule has 0 saturated carbocycles. The number of nitrogens with one attached hydrogen (secondary N) is 1. The summed E-state index contributed by atoms with van der Waals surface area (Å²) in [6.07, 6.45) is 2.35. The highest BCUT2D eigenvalue weighted by Gasteiger charge is 2.33. The minimum atomic E-state index is -0.0350. The molecule has 1 aromatic heterocycles. The molecule has 7 nitrogen and oxygen atoms in total. The molecular weight excluding hydrogens is 416 g/mol. The third-order valence-electron chi connectivity index (χ3n) is 6.55. The van der Waals surface area contributed by atoms with Gasteiger partial charge in [0.1, 0.15) is 0 Å². The van der Waals surface area contributed by atoms with Crippen LogP contribution in [0.25, 0.3) is 0 Å². The first-order valence-electron chi connectivity index (χ1n) is 11.8. The normalized spacial score (nSPS) is 19.8. The van der Waals surface area contributed by atoms with Gasteiger partial charge in [0, 0.05) is 32.7 Å². The van der Waals surface area contributed by atoms with Crippen LogP contribution < -0.4 is 5.32 Å². The van der Waals surface area contributed by atoms with E-state index >= 15 is 0 Å². The lowest BCUT2D eigenvalue weighted by atomic mass is 9.97. The molecule has 0 bridgehead atoms. The third-order valence-corrected chi connectivity index (χ3v) is 6.55. The molecule has 0 radical (unpaired) electrons. The van der Waals surface area contributed by atoms with Crippen molar-refractivity contribution in [1.82, 2.24) is 20.4 Å². The third kappa shape index (κ3) is 5.49. The summed E-state index contributed by atoms with van der Waals surface area (Å²) < 4.78 is 10.9. The zero-order valence-corrected chi connectivity index (χ0v) is 18.7. The highest BCUT2D eigenvalue weighted by Crippen LogP contribution is 2.28. The topological polar surface area (TPSA) is 80.5 Å². The van der Waals surface area contributed by atoms with Gasteiger partial charge in [-0.05, 0) is 24.0 Å². The fourth-order valence-electron chi connectivity index (χ4n) is 4.54. The summed E-state index contributed by atoms with van der Waals surface area (Å²) in [5, 5.41) is 7.42. The van der Waals surface area contributed by atoms with Gasteiger partial charge in [0.25, 0.3) is 0 Å². The smallest absolute Gasteiger partial charge is 0.232 e. The lowest BCUT2D eigenvalue weighted by molar-refractivity contribution is -0.125. The van der Waals surface area contributed by atoms with E-state index in [1.54, 1.807) is 0 Å². The summed E-state index contributed by atoms with van der Waals surface area (Å²) in [7, 11) is 0. The van der Waals surface area contributed by atoms with E-state index in [0.717, 1.165) is 49.8 Å². The van der Waals surface area contributed by atoms with E-state index in [4.69, 9.17) is 9.26 Å². The second kappa shape index (κ2) is 10.3. The first-order chi connectivity index (χ1) is 16.2. The van der Waals surface area contributed by atoms with Crippen LogP contribution in [0.15, 0.2) is 65.2 Å². The van der Waals surface area contributed by atoms with Gasteiger partial charge in [0.05, 0.1) is 24.5 Å². The predicted molar refractivity (Wildman–Crippen MR) is 124 cm³/mol. The van der Waals surface area contributed by atoms with Gasteiger partial charge in [-0.3, -0.25) is 4.79 Å². The van der Waals surface area contributed by atoms with Gasteiger partial charge in [0.15, 0.2) is 5.82 Å². The van der Waals surface area contributed by atoms with Crippen molar-refractivity contribution in [2.45, 2.75) is 31.2 Å². The minimum absolute atomic E-state index is 0.000713. The quantitative estimate of drug-likeness (QED) is 0.543. The number of hydrogen-bond acceptors (Lipinski definition) is 6. The Morgan fingerprint density at radius 2 is 1.85 bits per heavy atom. The van der Waals surface area contributed by atoms with Gasteiger partial charge >= 0.3 is 0 Å². The maximum Gasteiger partial charge on any atom is 0.232 e. The molecule has 7 heteroatoms. The van der Waals surface area contributed by atoms with Crippen molar-refractivity contribution in [2.24, 2.45) is 5.92 Å². The Morgan fingerprint density at radius 1 is 1.09 bits per heavy atom. The number of ether oxygens (including phenoxy) is 1. The van der Waals surface area contributed by atoms with Crippen LogP contribution in [0, 0.1) is 5.92 Å². The molecule has 2 aliphatic rings. The van der Waals surface area contributed by atoms with E-state index in [-0.39, 0.29) is 23.8 Å². The van der Waals surface area contributed by atoms with Gasteiger partial charge in [0.2, 0.25) is 11.8 Å². The van der Waals surface area contributed by atoms with E-state index < -0.39 is 0 Å². The molecule has 1 unspecified atom stereocenters. The van der Waals surface area contributed by atoms with Crippen LogP contribution in [0.3, 0.4) is 0 Å². The molecule has 2 fully saturated rings. The summed E-state index contributed by atoms with van der Waals surface area (Å²) in [5.41, 5.74) is 2.32. The molecule has 33 heavy (non-hydrogen) atoms. The Kier molecular flexibility index (Phi) is 6.79. The SMILES string of the molecule is O=C(N[C@@H](CCN1CC(c2nc(Cc3ccccc3)no2)C1)c1ccccc1)C1CCOC1. The Hall–Kier alpha value is -3.03. The van der Waals surface area contributed by atoms with Crippen LogP contribution >= 0.6 is 0 Å². The van der Waals surface area contributed by atoms with Gasteiger partial charge in [-0.15, -0.1) is 0 Å². The summed E-state index contributed by atoms with van der Waals surface area (Å²) in [6.45, 7) is 3.91. The molecule has 3 aromatic rings. The first-order valence-corrected chi connectivity index (χ1v) is 11.8. The van der Waals surface area contributed by atoms with Crippen LogP contribution in [0.5, 0.6) is 0 Å². The largest absolute Gasteiger partial charge is 0.381 e. The molecule has 2 aromatic carbocycles. The Labute approximate surface area is 194 Å². The molecular formula is C26H30N4O3. The number of aromatic nitrogens is 2. The molecule has 172 valence electrons. The van der Waals surface area contributed by atoms with E-state index in [2.05, 4.69) is 44.6 Å². The first kappa shape index (κ1) is 21.8. The second-order valence-corrected chi connectivity index (χ2v) is 8.99. The van der Waals surface area contributed by atoms with Crippen molar-refractivity contribution in [3.05, 3.63) is 83.5 Å². The van der Waals surface area contributed by atoms with Crippen LogP contribution in [0.2, 0.25) is 0 Å². The molecule has 1 N–H and O–H groups in total. The van der Waals surface area contributed by atoms with Crippen molar-refractivity contribution < 1.29 is 14.1 Å². The van der Waals surface area contributed by atoms with Crippen molar-refractivity contribution in [3.8, 4) is 0 Å². The average molecular weight is 447 g/mol. The predicted octanol–water partition coefficient (Wildman–Crippen LogP) is 3.34. The number of carbonyl (C=O) groups excluding carboxylic acids is 1. The maximum atomic E-state index is 12.7. The van der Waals surface area contributed by atoms with Crippen molar-refractivity contribution >= 4 is 5.91 Å². The Morgan fingerprint density at radius 3 is 2.58 bits per heavy atom. The van der Waals surface area contributed by atoms with Gasteiger partial charge < -0.3 is 19.5 Å². The number of hydrogen-bond donors (Lipinski definition) is 1. The molecule has 1 amide bonds. The number of rotatable bonds is 9. The summed E-state index contributed by atoms with van der Waals surface area (Å²) in [4.78, 5) is 19.7. The van der Waals surface area contributed by atoms with Crippen LogP contribution in [-0.4, -0.2) is 53.8 Å². The Bertz CT molecular complexity index is 1030. The zero-order chi connectivity index (χ0) is 22.5. The van der Waals surface area contributed by atoms with Gasteiger partial charge in [-0.25, -0.2) is 0 Å². The van der Waals surface area contributed by atoms with Crippen molar-refractivity contribution in [1.29, 1.82) is 0 Å². The molecule has 2 aliphatic heterocycles. The highest BCUT2D eigenvalue weighted by molar-refractivity contribution is 5.79. The van der Waals surface area contributed by atoms with Gasteiger partial charge in [-0.2, -0.15) is 4.98 Å². The molecule has 2 saturated heterocycles. The molecule has 2 atom stereocenters. The molecule has 3 heterocycles. The van der Waals surface area contributed by atoms with E-state index in [0.29, 0.717) is 19.6 Å². The minimum Gasteiger partial charge on any atom is -0.381 e. The van der Waals surface area contributed by atoms with E-state index in [1.165, 1.54) is 5.56 Å². The van der Waals surface area contributed by atoms with Crippen molar-refractivity contribution in [3.63, 3.8) is 0 Å². The number of likely N-dealkylation sites (tertiary alicyclic amines) is 1. The number of carbonyl (C=O) groups is 1. The fourth-order valence-corrected chi connectivity index (χ4v) is 4.54. The molecule has 0 aliphatic carbocycles. The van der Waals surface area contributed by atoms with Crippen LogP contribution in [0.1, 0.15) is 47.6 Å². The molecule has 0 spiro atoms. The summed E-state index contributed by atoms with van der Waals surface area (Å²) >= 11 is 0. The maximum absolute atomic E-state index is 12.7. The van der Waals surface area contributed by atoms with Gasteiger partial charge in [-0.1, -0.05) is 65.8 Å². The monoisotopic (exact) mass is 446 g/mol. The Balaban J connectivity index is 1.13. The zero-order valence-electron chi connectivity index (χ0n) is 18.7. The fraction of sp³-hybridized carbons (Fsp3) is 0.423. The van der Waals surface area contributed by atoms with E-state index in [9.17, 15) is 4.79 Å². The van der Waals surface area contributed by atoms with Crippen LogP contribution in [0.4, 0.5) is 0 Å². The second-order valence-electron chi connectivity index (χ2n) is 8.99. The highest BCUT2D eigenvalue weighted by atomic mass is 16.5. The standard InChI is InChI=1S/C26H30N4O3/c31-25(21-12-14-32-18-21)27-23(20-9-5-2-6-10-20)11-13-30-16-22(17-30)26-28-24(29-33-26)15-19-7-3-1-4-8-19/h1-10,21-23H,11-18H2,(H,27,31)/t21?,23-/m0/s1. The lowest BCUT2D eigenvalue weighted by Crippen LogP contribution is -2.46. The van der Waals surface area contributed by atoms with Crippen LogP contribution in [-0.2, 0) is 16.0 Å². The van der Waals surface area contributed by atoms with E-state index in [1.807, 2.05) is 36.4 Å². The lowest BCUT2D eigenvalue weighted by Gasteiger charge is -2.38.